The van der Waals surface area contributed by atoms with Crippen molar-refractivity contribution in [3.05, 3.63) is 46.9 Å². The van der Waals surface area contributed by atoms with Gasteiger partial charge in [0.2, 0.25) is 0 Å². The van der Waals surface area contributed by atoms with E-state index in [2.05, 4.69) is 48.3 Å². The second kappa shape index (κ2) is 6.42. The lowest BCUT2D eigenvalue weighted by Crippen LogP contribution is -2.42. The van der Waals surface area contributed by atoms with Crippen LogP contribution in [0.25, 0.3) is 11.0 Å². The molecule has 3 aromatic rings. The second-order valence-electron chi connectivity index (χ2n) is 5.47. The molecule has 1 saturated heterocycles. The highest BCUT2D eigenvalue weighted by molar-refractivity contribution is 7.97. The number of H-pyrrole nitrogens is 1. The summed E-state index contributed by atoms with van der Waals surface area (Å²) in [5, 5.41) is 5.61. The Hall–Kier alpha value is -1.34. The number of fused-ring (bicyclic) bond motifs is 1. The summed E-state index contributed by atoms with van der Waals surface area (Å²) in [6.45, 7) is 5.46. The summed E-state index contributed by atoms with van der Waals surface area (Å²) in [4.78, 5) is 11.5. The van der Waals surface area contributed by atoms with E-state index in [1.165, 1.54) is 15.8 Å². The third-order valence-electron chi connectivity index (χ3n) is 3.99. The van der Waals surface area contributed by atoms with Gasteiger partial charge in [0.05, 0.1) is 0 Å². The molecule has 4 heterocycles. The van der Waals surface area contributed by atoms with Crippen molar-refractivity contribution in [2.24, 2.45) is 0 Å². The number of aromatic amines is 1. The lowest BCUT2D eigenvalue weighted by Gasteiger charge is -2.33. The van der Waals surface area contributed by atoms with E-state index in [4.69, 9.17) is 0 Å². The number of nitrogens with zero attached hydrogens (tertiary/aromatic N) is 3. The van der Waals surface area contributed by atoms with Gasteiger partial charge < -0.3 is 4.98 Å². The van der Waals surface area contributed by atoms with Crippen LogP contribution in [0.15, 0.2) is 46.2 Å². The number of piperazine rings is 1. The predicted molar refractivity (Wildman–Crippen MR) is 93.1 cm³/mol. The van der Waals surface area contributed by atoms with Crippen molar-refractivity contribution in [3.8, 4) is 0 Å². The van der Waals surface area contributed by atoms with E-state index in [0.717, 1.165) is 38.4 Å². The summed E-state index contributed by atoms with van der Waals surface area (Å²) in [5.41, 5.74) is 2.34. The molecule has 0 unspecified atom stereocenters. The monoisotopic (exact) mass is 330 g/mol. The van der Waals surface area contributed by atoms with Crippen LogP contribution in [0.5, 0.6) is 0 Å². The molecular formula is C16H18N4S2. The van der Waals surface area contributed by atoms with Crippen LogP contribution >= 0.6 is 23.3 Å². The van der Waals surface area contributed by atoms with Gasteiger partial charge in [0, 0.05) is 60.8 Å². The number of rotatable bonds is 4. The first-order chi connectivity index (χ1) is 10.9. The Labute approximate surface area is 138 Å². The summed E-state index contributed by atoms with van der Waals surface area (Å²) in [5.74, 6) is 0. The number of hydrogen-bond donors (Lipinski definition) is 1. The lowest BCUT2D eigenvalue weighted by atomic mass is 10.2. The number of nitrogens with one attached hydrogen (secondary N) is 1. The van der Waals surface area contributed by atoms with E-state index in [1.54, 1.807) is 11.3 Å². The van der Waals surface area contributed by atoms with Gasteiger partial charge in [-0.2, -0.15) is 11.3 Å². The number of pyridine rings is 1. The average molecular weight is 330 g/mol. The van der Waals surface area contributed by atoms with E-state index in [0.29, 0.717) is 0 Å². The van der Waals surface area contributed by atoms with E-state index in [-0.39, 0.29) is 0 Å². The van der Waals surface area contributed by atoms with E-state index in [9.17, 15) is 0 Å². The minimum Gasteiger partial charge on any atom is -0.346 e. The molecule has 0 aliphatic carbocycles. The SMILES string of the molecule is c1cnc2[nH]cc(CN3CCN(Sc4ccsc4)CC3)c2c1. The molecule has 0 spiro atoms. The van der Waals surface area contributed by atoms with Crippen molar-refractivity contribution in [1.82, 2.24) is 19.2 Å². The zero-order chi connectivity index (χ0) is 14.8. The molecule has 1 aliphatic heterocycles. The fraction of sp³-hybridized carbons (Fsp3) is 0.312. The molecule has 22 heavy (non-hydrogen) atoms. The van der Waals surface area contributed by atoms with Gasteiger partial charge in [0.1, 0.15) is 5.65 Å². The molecule has 4 rings (SSSR count). The lowest BCUT2D eigenvalue weighted by molar-refractivity contribution is 0.190. The van der Waals surface area contributed by atoms with Crippen LogP contribution in [0.3, 0.4) is 0 Å². The molecule has 1 fully saturated rings. The van der Waals surface area contributed by atoms with Crippen molar-refractivity contribution in [3.63, 3.8) is 0 Å². The maximum atomic E-state index is 4.36. The Morgan fingerprint density at radius 3 is 2.95 bits per heavy atom. The summed E-state index contributed by atoms with van der Waals surface area (Å²) in [6, 6.07) is 6.35. The van der Waals surface area contributed by atoms with E-state index in [1.807, 2.05) is 24.2 Å². The van der Waals surface area contributed by atoms with Crippen LogP contribution in [-0.4, -0.2) is 45.4 Å². The maximum Gasteiger partial charge on any atom is 0.137 e. The van der Waals surface area contributed by atoms with Gasteiger partial charge in [-0.1, -0.05) is 0 Å². The third-order valence-corrected chi connectivity index (χ3v) is 5.91. The first-order valence-corrected chi connectivity index (χ1v) is 9.18. The highest BCUT2D eigenvalue weighted by atomic mass is 32.2. The minimum absolute atomic E-state index is 0.990. The first kappa shape index (κ1) is 14.3. The van der Waals surface area contributed by atoms with Gasteiger partial charge in [-0.3, -0.25) is 4.90 Å². The predicted octanol–water partition coefficient (Wildman–Crippen LogP) is 3.45. The fourth-order valence-electron chi connectivity index (χ4n) is 2.82. The van der Waals surface area contributed by atoms with Crippen LogP contribution in [-0.2, 0) is 6.54 Å². The topological polar surface area (TPSA) is 35.2 Å². The van der Waals surface area contributed by atoms with Crippen molar-refractivity contribution in [2.45, 2.75) is 11.4 Å². The largest absolute Gasteiger partial charge is 0.346 e. The zero-order valence-electron chi connectivity index (χ0n) is 12.2. The molecule has 3 aromatic heterocycles. The van der Waals surface area contributed by atoms with Crippen molar-refractivity contribution >= 4 is 34.3 Å². The Morgan fingerprint density at radius 2 is 2.14 bits per heavy atom. The molecule has 1 aliphatic rings. The quantitative estimate of drug-likeness (QED) is 0.743. The number of thiophene rings is 1. The van der Waals surface area contributed by atoms with Gasteiger partial charge in [-0.15, -0.1) is 0 Å². The Kier molecular flexibility index (Phi) is 4.16. The van der Waals surface area contributed by atoms with Gasteiger partial charge >= 0.3 is 0 Å². The smallest absolute Gasteiger partial charge is 0.137 e. The molecule has 0 radical (unpaired) electrons. The maximum absolute atomic E-state index is 4.36. The molecule has 0 bridgehead atoms. The van der Waals surface area contributed by atoms with Crippen LogP contribution in [0.1, 0.15) is 5.56 Å². The molecule has 1 N–H and O–H groups in total. The molecule has 4 nitrogen and oxygen atoms in total. The standard InChI is InChI=1S/C16H18N4S2/c1-2-15-13(10-18-16(15)17-4-1)11-19-5-7-20(8-6-19)22-14-3-9-21-12-14/h1-4,9-10,12H,5-8,11H2,(H,17,18). The third kappa shape index (κ3) is 3.05. The molecular weight excluding hydrogens is 312 g/mol. The second-order valence-corrected chi connectivity index (χ2v) is 7.42. The Morgan fingerprint density at radius 1 is 1.23 bits per heavy atom. The molecule has 114 valence electrons. The van der Waals surface area contributed by atoms with Crippen LogP contribution in [0, 0.1) is 0 Å². The Balaban J connectivity index is 1.36. The molecule has 0 amide bonds. The molecule has 0 aromatic carbocycles. The zero-order valence-corrected chi connectivity index (χ0v) is 13.9. The molecule has 0 atom stereocenters. The fourth-order valence-corrected chi connectivity index (χ4v) is 4.53. The number of aromatic nitrogens is 2. The summed E-state index contributed by atoms with van der Waals surface area (Å²) >= 11 is 3.65. The van der Waals surface area contributed by atoms with Crippen molar-refractivity contribution < 1.29 is 0 Å². The number of hydrogen-bond acceptors (Lipinski definition) is 5. The summed E-state index contributed by atoms with van der Waals surface area (Å²) in [7, 11) is 0. The van der Waals surface area contributed by atoms with Gasteiger partial charge in [0.15, 0.2) is 0 Å². The van der Waals surface area contributed by atoms with Crippen molar-refractivity contribution in [1.29, 1.82) is 0 Å². The van der Waals surface area contributed by atoms with E-state index >= 15 is 0 Å². The van der Waals surface area contributed by atoms with Crippen LogP contribution in [0.2, 0.25) is 0 Å². The molecule has 6 heteroatoms. The highest BCUT2D eigenvalue weighted by Crippen LogP contribution is 2.26. The normalized spacial score (nSPS) is 17.3. The summed E-state index contributed by atoms with van der Waals surface area (Å²) < 4.78 is 2.47. The van der Waals surface area contributed by atoms with Gasteiger partial charge in [-0.05, 0) is 41.1 Å². The van der Waals surface area contributed by atoms with Crippen LogP contribution < -0.4 is 0 Å². The first-order valence-electron chi connectivity index (χ1n) is 7.47. The van der Waals surface area contributed by atoms with Crippen molar-refractivity contribution in [2.75, 3.05) is 26.2 Å². The van der Waals surface area contributed by atoms with E-state index < -0.39 is 0 Å². The highest BCUT2D eigenvalue weighted by Gasteiger charge is 2.19. The Bertz CT molecular complexity index is 730. The van der Waals surface area contributed by atoms with Gasteiger partial charge in [-0.25, -0.2) is 9.29 Å². The average Bonchev–Trinajstić information content (AvgIpc) is 3.20. The van der Waals surface area contributed by atoms with Crippen LogP contribution in [0.4, 0.5) is 0 Å². The summed E-state index contributed by atoms with van der Waals surface area (Å²) in [6.07, 6.45) is 3.94. The molecule has 0 saturated carbocycles. The minimum atomic E-state index is 0.990. The van der Waals surface area contributed by atoms with Gasteiger partial charge in [0.25, 0.3) is 0 Å².